The Bertz CT molecular complexity index is 1700. The molecule has 0 radical (unpaired) electrons. The molecule has 0 unspecified atom stereocenters. The van der Waals surface area contributed by atoms with Crippen molar-refractivity contribution in [2.75, 3.05) is 7.11 Å². The fraction of sp³-hybridized carbons (Fsp3) is 0.167. The molecule has 2 aromatic carbocycles. The predicted molar refractivity (Wildman–Crippen MR) is 134 cm³/mol. The highest BCUT2D eigenvalue weighted by Crippen LogP contribution is 2.30. The number of pyridine rings is 2. The van der Waals surface area contributed by atoms with Crippen molar-refractivity contribution in [2.24, 2.45) is 0 Å². The van der Waals surface area contributed by atoms with E-state index < -0.39 is 10.0 Å². The minimum absolute atomic E-state index is 0.0314. The number of nitrogens with one attached hydrogen (secondary N) is 1. The van der Waals surface area contributed by atoms with Gasteiger partial charge < -0.3 is 9.72 Å². The van der Waals surface area contributed by atoms with Crippen molar-refractivity contribution in [3.8, 4) is 5.75 Å². The number of aromatic nitrogens is 4. The Labute approximate surface area is 205 Å². The van der Waals surface area contributed by atoms with E-state index >= 15 is 0 Å². The lowest BCUT2D eigenvalue weighted by Crippen LogP contribution is -2.33. The molecular formula is C24H21N5O4S2. The lowest BCUT2D eigenvalue weighted by molar-refractivity contribution is 0.399. The lowest BCUT2D eigenvalue weighted by Gasteiger charge is -2.23. The molecule has 3 heterocycles. The Balaban J connectivity index is 1.63. The summed E-state index contributed by atoms with van der Waals surface area (Å²) in [6, 6.07) is 14.0. The Kier molecular flexibility index (Phi) is 6.05. The van der Waals surface area contributed by atoms with Crippen molar-refractivity contribution >= 4 is 43.7 Å². The molecule has 0 fully saturated rings. The smallest absolute Gasteiger partial charge is 0.252 e. The first-order valence-electron chi connectivity index (χ1n) is 10.7. The van der Waals surface area contributed by atoms with Gasteiger partial charge in [0.25, 0.3) is 5.56 Å². The summed E-state index contributed by atoms with van der Waals surface area (Å²) in [5.41, 5.74) is 2.64. The Morgan fingerprint density at radius 1 is 1.09 bits per heavy atom. The summed E-state index contributed by atoms with van der Waals surface area (Å²) in [5.74, 6) is 0.613. The van der Waals surface area contributed by atoms with Crippen LogP contribution in [0, 0.1) is 6.92 Å². The molecule has 0 aliphatic carbocycles. The second kappa shape index (κ2) is 9.17. The first kappa shape index (κ1) is 23.1. The molecule has 0 saturated carbocycles. The summed E-state index contributed by atoms with van der Waals surface area (Å²) in [4.78, 5) is 20.0. The van der Waals surface area contributed by atoms with E-state index in [9.17, 15) is 13.2 Å². The van der Waals surface area contributed by atoms with Crippen LogP contribution in [0.4, 0.5) is 0 Å². The number of ether oxygens (including phenoxy) is 1. The topological polar surface area (TPSA) is 118 Å². The van der Waals surface area contributed by atoms with E-state index in [-0.39, 0.29) is 23.5 Å². The zero-order valence-corrected chi connectivity index (χ0v) is 20.6. The highest BCUT2D eigenvalue weighted by molar-refractivity contribution is 7.89. The highest BCUT2D eigenvalue weighted by Gasteiger charge is 2.30. The van der Waals surface area contributed by atoms with Crippen LogP contribution in [-0.4, -0.2) is 38.5 Å². The van der Waals surface area contributed by atoms with Crippen LogP contribution in [0.5, 0.6) is 5.75 Å². The van der Waals surface area contributed by atoms with Gasteiger partial charge in [-0.25, -0.2) is 8.42 Å². The van der Waals surface area contributed by atoms with Gasteiger partial charge in [-0.1, -0.05) is 12.1 Å². The van der Waals surface area contributed by atoms with Crippen LogP contribution in [-0.2, 0) is 23.1 Å². The molecule has 11 heteroatoms. The third-order valence-corrected chi connectivity index (χ3v) is 8.25. The lowest BCUT2D eigenvalue weighted by atomic mass is 10.1. The fourth-order valence-corrected chi connectivity index (χ4v) is 6.32. The van der Waals surface area contributed by atoms with Gasteiger partial charge in [0.2, 0.25) is 10.0 Å². The first-order chi connectivity index (χ1) is 16.9. The third kappa shape index (κ3) is 4.41. The normalized spacial score (nSPS) is 12.0. The van der Waals surface area contributed by atoms with Crippen molar-refractivity contribution in [3.63, 3.8) is 0 Å². The molecular weight excluding hydrogens is 486 g/mol. The number of aromatic amines is 1. The zero-order chi connectivity index (χ0) is 24.6. The minimum atomic E-state index is -4.07. The van der Waals surface area contributed by atoms with E-state index in [0.29, 0.717) is 39.0 Å². The SMILES string of the molecule is COc1ccc2cc(CN(Cc3cccnc3)S(=O)(=O)c3c(C)ccc4nsnc34)c(=O)[nH]c2c1. The second-order valence-electron chi connectivity index (χ2n) is 8.05. The zero-order valence-electron chi connectivity index (χ0n) is 18.9. The van der Waals surface area contributed by atoms with Crippen LogP contribution >= 0.6 is 11.7 Å². The van der Waals surface area contributed by atoms with Gasteiger partial charge in [0.1, 0.15) is 21.7 Å². The number of benzene rings is 2. The second-order valence-corrected chi connectivity index (χ2v) is 10.5. The standard InChI is InChI=1S/C24H21N5O4S2/c1-15-5-8-20-22(28-34-27-20)23(15)35(31,32)29(13-16-4-3-9-25-12-16)14-18-10-17-6-7-19(33-2)11-21(17)26-24(18)30/h3-12H,13-14H2,1-2H3,(H,26,30). The van der Waals surface area contributed by atoms with Crippen LogP contribution in [0.15, 0.2) is 70.6 Å². The maximum absolute atomic E-state index is 14.0. The van der Waals surface area contributed by atoms with E-state index in [1.807, 2.05) is 6.07 Å². The average molecular weight is 508 g/mol. The summed E-state index contributed by atoms with van der Waals surface area (Å²) in [6.07, 6.45) is 3.23. The van der Waals surface area contributed by atoms with E-state index in [4.69, 9.17) is 4.74 Å². The van der Waals surface area contributed by atoms with Crippen LogP contribution in [0.25, 0.3) is 21.9 Å². The molecule has 1 N–H and O–H groups in total. The largest absolute Gasteiger partial charge is 0.497 e. The number of nitrogens with zero attached hydrogens (tertiary/aromatic N) is 4. The number of sulfonamides is 1. The number of aryl methyl sites for hydroxylation is 1. The molecule has 178 valence electrons. The molecule has 35 heavy (non-hydrogen) atoms. The highest BCUT2D eigenvalue weighted by atomic mass is 32.2. The van der Waals surface area contributed by atoms with E-state index in [1.54, 1.807) is 68.9 Å². The van der Waals surface area contributed by atoms with E-state index in [2.05, 4.69) is 18.7 Å². The fourth-order valence-electron chi connectivity index (χ4n) is 3.96. The van der Waals surface area contributed by atoms with Crippen LogP contribution in [0.3, 0.4) is 0 Å². The number of fused-ring (bicyclic) bond motifs is 2. The summed E-state index contributed by atoms with van der Waals surface area (Å²) in [7, 11) is -2.52. The van der Waals surface area contributed by atoms with Crippen LogP contribution in [0.2, 0.25) is 0 Å². The first-order valence-corrected chi connectivity index (χ1v) is 12.8. The third-order valence-electron chi connectivity index (χ3n) is 5.73. The molecule has 0 saturated heterocycles. The minimum Gasteiger partial charge on any atom is -0.497 e. The van der Waals surface area contributed by atoms with Crippen LogP contribution in [0.1, 0.15) is 16.7 Å². The quantitative estimate of drug-likeness (QED) is 0.357. The van der Waals surface area contributed by atoms with Gasteiger partial charge in [-0.05, 0) is 53.8 Å². The molecule has 9 nitrogen and oxygen atoms in total. The molecule has 5 rings (SSSR count). The molecule has 3 aromatic heterocycles. The van der Waals surface area contributed by atoms with Crippen molar-refractivity contribution in [3.05, 3.63) is 88.0 Å². The number of hydrogen-bond acceptors (Lipinski definition) is 8. The number of hydrogen-bond donors (Lipinski definition) is 1. The summed E-state index contributed by atoms with van der Waals surface area (Å²) in [6.45, 7) is 1.62. The maximum Gasteiger partial charge on any atom is 0.252 e. The molecule has 0 aliphatic heterocycles. The molecule has 0 bridgehead atoms. The number of methoxy groups -OCH3 is 1. The van der Waals surface area contributed by atoms with Crippen LogP contribution < -0.4 is 10.3 Å². The molecule has 0 atom stereocenters. The van der Waals surface area contributed by atoms with Gasteiger partial charge in [-0.15, -0.1) is 0 Å². The van der Waals surface area contributed by atoms with Gasteiger partial charge in [0, 0.05) is 37.1 Å². The van der Waals surface area contributed by atoms with Gasteiger partial charge in [-0.2, -0.15) is 13.1 Å². The molecule has 5 aromatic rings. The van der Waals surface area contributed by atoms with E-state index in [0.717, 1.165) is 17.1 Å². The van der Waals surface area contributed by atoms with Gasteiger partial charge in [-0.3, -0.25) is 9.78 Å². The molecule has 0 spiro atoms. The Morgan fingerprint density at radius 2 is 1.94 bits per heavy atom. The molecule has 0 aliphatic rings. The Morgan fingerprint density at radius 3 is 2.71 bits per heavy atom. The maximum atomic E-state index is 14.0. The van der Waals surface area contributed by atoms with Gasteiger partial charge in [0.05, 0.1) is 24.4 Å². The Hall–Kier alpha value is -3.67. The summed E-state index contributed by atoms with van der Waals surface area (Å²) in [5, 5.41) is 0.765. The summed E-state index contributed by atoms with van der Waals surface area (Å²) >= 11 is 0.960. The number of rotatable bonds is 7. The van der Waals surface area contributed by atoms with Crippen molar-refractivity contribution < 1.29 is 13.2 Å². The molecule has 0 amide bonds. The van der Waals surface area contributed by atoms with Crippen molar-refractivity contribution in [1.82, 2.24) is 23.0 Å². The predicted octanol–water partition coefficient (Wildman–Crippen LogP) is 3.64. The summed E-state index contributed by atoms with van der Waals surface area (Å²) < 4.78 is 43.1. The van der Waals surface area contributed by atoms with Crippen molar-refractivity contribution in [2.45, 2.75) is 24.9 Å². The van der Waals surface area contributed by atoms with E-state index in [1.165, 1.54) is 4.31 Å². The van der Waals surface area contributed by atoms with Gasteiger partial charge in [0.15, 0.2) is 0 Å². The number of H-pyrrole nitrogens is 1. The monoisotopic (exact) mass is 507 g/mol. The van der Waals surface area contributed by atoms with Crippen molar-refractivity contribution in [1.29, 1.82) is 0 Å². The van der Waals surface area contributed by atoms with Gasteiger partial charge >= 0.3 is 0 Å². The average Bonchev–Trinajstić information content (AvgIpc) is 3.32.